The Labute approximate surface area is 186 Å². The van der Waals surface area contributed by atoms with Gasteiger partial charge in [-0.3, -0.25) is 24.0 Å². The summed E-state index contributed by atoms with van der Waals surface area (Å²) in [7, 11) is 0. The first-order chi connectivity index (χ1) is 14.9. The van der Waals surface area contributed by atoms with Crippen LogP contribution in [0, 0.1) is 22.7 Å². The summed E-state index contributed by atoms with van der Waals surface area (Å²) in [5.41, 5.74) is -1.10. The number of carbonyl (C=O) groups is 5. The van der Waals surface area contributed by atoms with Gasteiger partial charge in [0, 0.05) is 30.9 Å². The quantitative estimate of drug-likeness (QED) is 0.369. The lowest BCUT2D eigenvalue weighted by Gasteiger charge is -2.59. The van der Waals surface area contributed by atoms with E-state index in [2.05, 4.69) is 13.8 Å². The molecule has 32 heavy (non-hydrogen) atoms. The Morgan fingerprint density at radius 2 is 1.78 bits per heavy atom. The van der Waals surface area contributed by atoms with Crippen molar-refractivity contribution < 1.29 is 38.2 Å². The van der Waals surface area contributed by atoms with Crippen LogP contribution in [0.2, 0.25) is 0 Å². The molecule has 0 aromatic heterocycles. The molecule has 0 amide bonds. The van der Waals surface area contributed by atoms with Crippen molar-refractivity contribution >= 4 is 29.5 Å². The van der Waals surface area contributed by atoms with Crippen LogP contribution in [0.15, 0.2) is 22.5 Å². The maximum Gasteiger partial charge on any atom is 0.317 e. The van der Waals surface area contributed by atoms with Gasteiger partial charge < -0.3 is 14.2 Å². The van der Waals surface area contributed by atoms with Crippen molar-refractivity contribution in [3.8, 4) is 0 Å². The second kappa shape index (κ2) is 7.39. The molecule has 8 nitrogen and oxygen atoms in total. The fourth-order valence-electron chi connectivity index (χ4n) is 6.17. The molecule has 1 saturated heterocycles. The molecule has 0 radical (unpaired) electrons. The third-order valence-corrected chi connectivity index (χ3v) is 7.47. The van der Waals surface area contributed by atoms with Gasteiger partial charge in [0.2, 0.25) is 5.78 Å². The number of ketones is 2. The van der Waals surface area contributed by atoms with Crippen LogP contribution in [-0.2, 0) is 38.2 Å². The van der Waals surface area contributed by atoms with E-state index >= 15 is 0 Å². The molecule has 1 saturated carbocycles. The Hall–Kier alpha value is -2.77. The molecule has 2 fully saturated rings. The van der Waals surface area contributed by atoms with E-state index in [1.807, 2.05) is 0 Å². The van der Waals surface area contributed by atoms with Crippen molar-refractivity contribution in [2.24, 2.45) is 22.7 Å². The molecule has 1 spiro atoms. The van der Waals surface area contributed by atoms with E-state index in [4.69, 9.17) is 14.2 Å². The fraction of sp³-hybridized carbons (Fsp3) is 0.625. The number of ether oxygens (including phenoxy) is 3. The van der Waals surface area contributed by atoms with Crippen LogP contribution in [0.4, 0.5) is 0 Å². The lowest BCUT2D eigenvalue weighted by Crippen LogP contribution is -2.63. The monoisotopic (exact) mass is 444 g/mol. The average molecular weight is 444 g/mol. The van der Waals surface area contributed by atoms with Crippen LogP contribution in [0.1, 0.15) is 60.3 Å². The second-order valence-electron chi connectivity index (χ2n) is 9.98. The number of carbonyl (C=O) groups excluding carboxylic acids is 5. The maximum atomic E-state index is 13.8. The summed E-state index contributed by atoms with van der Waals surface area (Å²) >= 11 is 0. The fourth-order valence-corrected chi connectivity index (χ4v) is 6.17. The molecule has 0 N–H and O–H groups in total. The lowest BCUT2D eigenvalue weighted by molar-refractivity contribution is -0.189. The van der Waals surface area contributed by atoms with Crippen molar-refractivity contribution in [1.29, 1.82) is 0 Å². The number of hydrogen-bond acceptors (Lipinski definition) is 8. The van der Waals surface area contributed by atoms with E-state index in [0.717, 1.165) is 13.3 Å². The van der Waals surface area contributed by atoms with Crippen LogP contribution in [0.5, 0.6) is 0 Å². The predicted octanol–water partition coefficient (Wildman–Crippen LogP) is 2.59. The zero-order valence-electron chi connectivity index (χ0n) is 19.0. The molecule has 4 atom stereocenters. The number of allylic oxidation sites excluding steroid dienone is 1. The predicted molar refractivity (Wildman–Crippen MR) is 110 cm³/mol. The van der Waals surface area contributed by atoms with Gasteiger partial charge in [-0.15, -0.1) is 0 Å². The summed E-state index contributed by atoms with van der Waals surface area (Å²) in [4.78, 5) is 63.9. The number of rotatable bonds is 4. The van der Waals surface area contributed by atoms with Gasteiger partial charge >= 0.3 is 17.9 Å². The molecule has 2 heterocycles. The van der Waals surface area contributed by atoms with Crippen molar-refractivity contribution in [2.45, 2.75) is 66.4 Å². The molecular formula is C24H28O8. The maximum absolute atomic E-state index is 13.8. The van der Waals surface area contributed by atoms with Crippen molar-refractivity contribution in [3.05, 3.63) is 22.5 Å². The number of fused-ring (bicyclic) bond motifs is 1. The first-order valence-electron chi connectivity index (χ1n) is 11.0. The van der Waals surface area contributed by atoms with E-state index in [1.54, 1.807) is 6.92 Å². The van der Waals surface area contributed by atoms with Gasteiger partial charge in [-0.05, 0) is 30.6 Å². The largest absolute Gasteiger partial charge is 0.465 e. The highest BCUT2D eigenvalue weighted by Gasteiger charge is 2.68. The molecule has 0 unspecified atom stereocenters. The summed E-state index contributed by atoms with van der Waals surface area (Å²) in [5.74, 6) is -4.03. The van der Waals surface area contributed by atoms with Crippen LogP contribution >= 0.6 is 0 Å². The Kier molecular flexibility index (Phi) is 5.18. The number of hydrogen-bond donors (Lipinski definition) is 0. The van der Waals surface area contributed by atoms with Gasteiger partial charge in [-0.2, -0.15) is 0 Å². The molecule has 5 aliphatic rings. The minimum Gasteiger partial charge on any atom is -0.465 e. The third kappa shape index (κ3) is 3.06. The third-order valence-electron chi connectivity index (χ3n) is 7.47. The van der Waals surface area contributed by atoms with E-state index < -0.39 is 46.9 Å². The van der Waals surface area contributed by atoms with E-state index in [9.17, 15) is 24.0 Å². The number of esters is 3. The summed E-state index contributed by atoms with van der Waals surface area (Å²) in [6.45, 7) is 8.02. The molecule has 5 rings (SSSR count). The van der Waals surface area contributed by atoms with Gasteiger partial charge in [0.15, 0.2) is 11.5 Å². The van der Waals surface area contributed by atoms with Crippen LogP contribution in [-0.4, -0.2) is 42.2 Å². The van der Waals surface area contributed by atoms with Crippen LogP contribution in [0.25, 0.3) is 0 Å². The van der Waals surface area contributed by atoms with Gasteiger partial charge in [0.05, 0.1) is 12.2 Å². The topological polar surface area (TPSA) is 113 Å². The Bertz CT molecular complexity index is 1010. The van der Waals surface area contributed by atoms with Crippen molar-refractivity contribution in [1.82, 2.24) is 0 Å². The minimum absolute atomic E-state index is 0.0168. The summed E-state index contributed by atoms with van der Waals surface area (Å²) < 4.78 is 16.0. The molecule has 2 bridgehead atoms. The summed E-state index contributed by atoms with van der Waals surface area (Å²) in [6, 6.07) is 0. The smallest absolute Gasteiger partial charge is 0.317 e. The average Bonchev–Trinajstić information content (AvgIpc) is 2.69. The normalized spacial score (nSPS) is 31.6. The van der Waals surface area contributed by atoms with Gasteiger partial charge in [-0.25, -0.2) is 0 Å². The van der Waals surface area contributed by atoms with E-state index in [-0.39, 0.29) is 40.4 Å². The van der Waals surface area contributed by atoms with Gasteiger partial charge in [-0.1, -0.05) is 27.2 Å². The summed E-state index contributed by atoms with van der Waals surface area (Å²) in [6.07, 6.45) is 1.69. The Balaban J connectivity index is 1.88. The highest BCUT2D eigenvalue weighted by molar-refractivity contribution is 6.28. The zero-order valence-corrected chi connectivity index (χ0v) is 19.0. The Morgan fingerprint density at radius 3 is 2.41 bits per heavy atom. The lowest BCUT2D eigenvalue weighted by atomic mass is 9.46. The molecule has 8 heteroatoms. The zero-order chi connectivity index (χ0) is 23.6. The van der Waals surface area contributed by atoms with Crippen LogP contribution < -0.4 is 0 Å². The first-order valence-corrected chi connectivity index (χ1v) is 11.0. The van der Waals surface area contributed by atoms with E-state index in [0.29, 0.717) is 19.3 Å². The minimum atomic E-state index is -1.21. The van der Waals surface area contributed by atoms with Gasteiger partial charge in [0.1, 0.15) is 11.5 Å². The van der Waals surface area contributed by atoms with Crippen molar-refractivity contribution in [3.63, 3.8) is 0 Å². The second-order valence-corrected chi connectivity index (χ2v) is 9.98. The van der Waals surface area contributed by atoms with E-state index in [1.165, 1.54) is 6.92 Å². The first kappa shape index (κ1) is 22.4. The molecule has 0 aromatic rings. The molecule has 172 valence electrons. The SMILES string of the molecule is CC(=O)OC[C@H](C)C1=C(OC(C)=O)C(=O)C2=C(C1=O)[C@@H]1C[C@H]3C(C)(C)CCC[C@]23C(=O)O1. The standard InChI is InChI=1S/C24H28O8/c1-11(10-30-12(2)25)16-19(27)17-14-9-15-23(4,5)7-6-8-24(15,22(29)32-14)18(17)20(28)21(16)31-13(3)26/h11,14-15H,6-10H2,1-5H3/t11-,14-,15-,24+/m0/s1. The molecule has 0 aromatic carbocycles. The highest BCUT2D eigenvalue weighted by atomic mass is 16.6. The molecular weight excluding hydrogens is 416 g/mol. The molecule has 2 aliphatic heterocycles. The number of Topliss-reactive ketones (excluding diaryl/α,β-unsaturated/α-hetero) is 2. The Morgan fingerprint density at radius 1 is 1.09 bits per heavy atom. The highest BCUT2D eigenvalue weighted by Crippen LogP contribution is 2.64. The van der Waals surface area contributed by atoms with Crippen molar-refractivity contribution in [2.75, 3.05) is 6.61 Å². The summed E-state index contributed by atoms with van der Waals surface area (Å²) in [5, 5.41) is 0. The van der Waals surface area contributed by atoms with Crippen LogP contribution in [0.3, 0.4) is 0 Å². The van der Waals surface area contributed by atoms with Gasteiger partial charge in [0.25, 0.3) is 0 Å². The molecule has 3 aliphatic carbocycles.